The van der Waals surface area contributed by atoms with Gasteiger partial charge in [0.1, 0.15) is 29.6 Å². The Hall–Kier alpha value is -2.28. The van der Waals surface area contributed by atoms with Crippen molar-refractivity contribution in [1.82, 2.24) is 9.97 Å². The van der Waals surface area contributed by atoms with Crippen LogP contribution in [0.1, 0.15) is 17.9 Å². The summed E-state index contributed by atoms with van der Waals surface area (Å²) in [6.07, 6.45) is 2.26. The van der Waals surface area contributed by atoms with Crippen LogP contribution in [-0.2, 0) is 4.74 Å². The number of rotatable bonds is 3. The quantitative estimate of drug-likeness (QED) is 0.854. The lowest BCUT2D eigenvalue weighted by Crippen LogP contribution is -2.37. The summed E-state index contributed by atoms with van der Waals surface area (Å²) in [5.74, 6) is 0.569. The van der Waals surface area contributed by atoms with E-state index in [0.717, 1.165) is 31.3 Å². The zero-order valence-electron chi connectivity index (χ0n) is 13.9. The molecule has 1 aromatic carbocycles. The first-order valence-electron chi connectivity index (χ1n) is 8.56. The molecule has 2 aliphatic rings. The van der Waals surface area contributed by atoms with E-state index in [2.05, 4.69) is 19.8 Å². The summed E-state index contributed by atoms with van der Waals surface area (Å²) in [4.78, 5) is 12.9. The van der Waals surface area contributed by atoms with Crippen LogP contribution in [0, 0.1) is 11.6 Å². The molecule has 1 aromatic heterocycles. The fourth-order valence-electron chi connectivity index (χ4n) is 3.58. The average Bonchev–Trinajstić information content (AvgIpc) is 3.12. The van der Waals surface area contributed by atoms with Gasteiger partial charge in [-0.15, -0.1) is 0 Å². The van der Waals surface area contributed by atoms with Crippen molar-refractivity contribution in [3.8, 4) is 0 Å². The fraction of sp³-hybridized carbons (Fsp3) is 0.444. The maximum atomic E-state index is 14.0. The molecule has 0 spiro atoms. The predicted octanol–water partition coefficient (Wildman–Crippen LogP) is 2.59. The molecule has 0 bridgehead atoms. The second kappa shape index (κ2) is 6.92. The van der Waals surface area contributed by atoms with Crippen molar-refractivity contribution in [3.05, 3.63) is 47.8 Å². The third kappa shape index (κ3) is 3.28. The molecule has 0 radical (unpaired) electrons. The van der Waals surface area contributed by atoms with Crippen molar-refractivity contribution in [2.45, 2.75) is 12.3 Å². The number of morpholine rings is 1. The van der Waals surface area contributed by atoms with E-state index in [-0.39, 0.29) is 11.5 Å². The zero-order valence-corrected chi connectivity index (χ0v) is 13.9. The van der Waals surface area contributed by atoms with Gasteiger partial charge >= 0.3 is 0 Å². The molecule has 0 amide bonds. The Kier molecular flexibility index (Phi) is 4.48. The molecule has 7 heteroatoms. The number of nitrogens with zero attached hydrogens (tertiary/aromatic N) is 4. The number of ether oxygens (including phenoxy) is 1. The van der Waals surface area contributed by atoms with Crippen molar-refractivity contribution >= 4 is 11.6 Å². The van der Waals surface area contributed by atoms with Gasteiger partial charge in [0.15, 0.2) is 0 Å². The van der Waals surface area contributed by atoms with Crippen molar-refractivity contribution in [2.24, 2.45) is 0 Å². The largest absolute Gasteiger partial charge is 0.378 e. The molecule has 0 N–H and O–H groups in total. The minimum atomic E-state index is -0.469. The number of anilines is 2. The van der Waals surface area contributed by atoms with Crippen LogP contribution in [0.5, 0.6) is 0 Å². The molecule has 3 heterocycles. The highest BCUT2D eigenvalue weighted by molar-refractivity contribution is 5.51. The van der Waals surface area contributed by atoms with Gasteiger partial charge < -0.3 is 14.5 Å². The van der Waals surface area contributed by atoms with Crippen LogP contribution in [0.4, 0.5) is 20.4 Å². The van der Waals surface area contributed by atoms with Gasteiger partial charge in [-0.05, 0) is 18.6 Å². The highest BCUT2D eigenvalue weighted by Crippen LogP contribution is 2.33. The molecule has 2 aromatic rings. The van der Waals surface area contributed by atoms with E-state index in [0.29, 0.717) is 26.2 Å². The first kappa shape index (κ1) is 16.2. The number of aromatic nitrogens is 2. The molecule has 25 heavy (non-hydrogen) atoms. The average molecular weight is 346 g/mol. The summed E-state index contributed by atoms with van der Waals surface area (Å²) in [5.41, 5.74) is 0.187. The Labute approximate surface area is 145 Å². The number of benzene rings is 1. The Bertz CT molecular complexity index is 731. The third-order valence-corrected chi connectivity index (χ3v) is 4.89. The van der Waals surface area contributed by atoms with E-state index < -0.39 is 11.6 Å². The van der Waals surface area contributed by atoms with Crippen molar-refractivity contribution < 1.29 is 13.5 Å². The van der Waals surface area contributed by atoms with Crippen LogP contribution in [0.25, 0.3) is 0 Å². The van der Waals surface area contributed by atoms with Crippen LogP contribution in [0.2, 0.25) is 0 Å². The molecule has 1 atom stereocenters. The lowest BCUT2D eigenvalue weighted by molar-refractivity contribution is 0.122. The maximum absolute atomic E-state index is 14.0. The first-order valence-corrected chi connectivity index (χ1v) is 8.56. The Balaban J connectivity index is 1.52. The van der Waals surface area contributed by atoms with Crippen molar-refractivity contribution in [3.63, 3.8) is 0 Å². The van der Waals surface area contributed by atoms with Gasteiger partial charge in [0.05, 0.1) is 13.2 Å². The van der Waals surface area contributed by atoms with Gasteiger partial charge in [-0.1, -0.05) is 6.07 Å². The summed E-state index contributed by atoms with van der Waals surface area (Å²) < 4.78 is 33.4. The minimum Gasteiger partial charge on any atom is -0.378 e. The summed E-state index contributed by atoms with van der Waals surface area (Å²) in [7, 11) is 0. The molecular weight excluding hydrogens is 326 g/mol. The fourth-order valence-corrected chi connectivity index (χ4v) is 3.58. The third-order valence-electron chi connectivity index (χ3n) is 4.89. The molecule has 5 nitrogen and oxygen atoms in total. The van der Waals surface area contributed by atoms with Gasteiger partial charge in [-0.25, -0.2) is 18.7 Å². The van der Waals surface area contributed by atoms with E-state index in [4.69, 9.17) is 4.74 Å². The summed E-state index contributed by atoms with van der Waals surface area (Å²) >= 11 is 0. The van der Waals surface area contributed by atoms with Gasteiger partial charge in [0.25, 0.3) is 0 Å². The van der Waals surface area contributed by atoms with Crippen LogP contribution in [-0.4, -0.2) is 49.4 Å². The highest BCUT2D eigenvalue weighted by atomic mass is 19.1. The summed E-state index contributed by atoms with van der Waals surface area (Å²) in [6, 6.07) is 6.00. The van der Waals surface area contributed by atoms with Gasteiger partial charge in [-0.2, -0.15) is 0 Å². The van der Waals surface area contributed by atoms with E-state index in [9.17, 15) is 8.78 Å². The molecule has 2 fully saturated rings. The lowest BCUT2D eigenvalue weighted by atomic mass is 9.97. The first-order chi connectivity index (χ1) is 12.2. The lowest BCUT2D eigenvalue weighted by Gasteiger charge is -2.28. The monoisotopic (exact) mass is 346 g/mol. The van der Waals surface area contributed by atoms with E-state index in [1.165, 1.54) is 18.2 Å². The van der Waals surface area contributed by atoms with Crippen LogP contribution < -0.4 is 9.80 Å². The Morgan fingerprint density at radius 1 is 0.960 bits per heavy atom. The van der Waals surface area contributed by atoms with E-state index in [1.807, 2.05) is 6.07 Å². The number of halogens is 2. The zero-order chi connectivity index (χ0) is 17.2. The molecule has 2 aliphatic heterocycles. The van der Waals surface area contributed by atoms with Crippen LogP contribution in [0.3, 0.4) is 0 Å². The summed E-state index contributed by atoms with van der Waals surface area (Å²) in [5, 5.41) is 0. The molecule has 4 rings (SSSR count). The normalized spacial score (nSPS) is 21.0. The van der Waals surface area contributed by atoms with Gasteiger partial charge in [0.2, 0.25) is 0 Å². The molecule has 0 unspecified atom stereocenters. The SMILES string of the molecule is Fc1cccc(F)c1[C@H]1CCN(c2cc(N3CCOCC3)ncn2)C1. The van der Waals surface area contributed by atoms with Crippen molar-refractivity contribution in [2.75, 3.05) is 49.2 Å². The van der Waals surface area contributed by atoms with Gasteiger partial charge in [0, 0.05) is 43.7 Å². The highest BCUT2D eigenvalue weighted by Gasteiger charge is 2.29. The molecule has 132 valence electrons. The Morgan fingerprint density at radius 2 is 1.64 bits per heavy atom. The Morgan fingerprint density at radius 3 is 2.36 bits per heavy atom. The van der Waals surface area contributed by atoms with Gasteiger partial charge in [-0.3, -0.25) is 0 Å². The number of hydrogen-bond donors (Lipinski definition) is 0. The van der Waals surface area contributed by atoms with Crippen LogP contribution >= 0.6 is 0 Å². The molecule has 0 saturated carbocycles. The van der Waals surface area contributed by atoms with E-state index in [1.54, 1.807) is 6.33 Å². The second-order valence-corrected chi connectivity index (χ2v) is 6.40. The summed E-state index contributed by atoms with van der Waals surface area (Å²) in [6.45, 7) is 4.27. The van der Waals surface area contributed by atoms with Crippen LogP contribution in [0.15, 0.2) is 30.6 Å². The predicted molar refractivity (Wildman–Crippen MR) is 91.0 cm³/mol. The maximum Gasteiger partial charge on any atom is 0.134 e. The second-order valence-electron chi connectivity index (χ2n) is 6.40. The standard InChI is InChI=1S/C18H20F2N4O/c19-14-2-1-3-15(20)18(14)13-4-5-24(11-13)17-10-16(21-12-22-17)23-6-8-25-9-7-23/h1-3,10,12-13H,4-9,11H2/t13-/m0/s1. The minimum absolute atomic E-state index is 0.164. The van der Waals surface area contributed by atoms with Crippen molar-refractivity contribution in [1.29, 1.82) is 0 Å². The molecular formula is C18H20F2N4O. The molecule has 2 saturated heterocycles. The smallest absolute Gasteiger partial charge is 0.134 e. The van der Waals surface area contributed by atoms with E-state index >= 15 is 0 Å². The topological polar surface area (TPSA) is 41.5 Å². The number of hydrogen-bond acceptors (Lipinski definition) is 5. The molecule has 0 aliphatic carbocycles.